The molecule has 0 spiro atoms. The number of allylic oxidation sites excluding steroid dienone is 2. The first-order valence-corrected chi connectivity index (χ1v) is 4.99. The summed E-state index contributed by atoms with van der Waals surface area (Å²) in [6, 6.07) is 0.0763. The van der Waals surface area contributed by atoms with E-state index in [0.29, 0.717) is 0 Å². The van der Waals surface area contributed by atoms with Crippen LogP contribution in [0.4, 0.5) is 0 Å². The molecule has 0 aromatic carbocycles. The summed E-state index contributed by atoms with van der Waals surface area (Å²) in [6.45, 7) is 0. The second kappa shape index (κ2) is 3.17. The van der Waals surface area contributed by atoms with E-state index < -0.39 is 0 Å². The lowest BCUT2D eigenvalue weighted by Gasteiger charge is -2.41. The Hall–Kier alpha value is -1.68. The third kappa shape index (κ3) is 1.26. The Morgan fingerprint density at radius 2 is 2.27 bits per heavy atom. The predicted octanol–water partition coefficient (Wildman–Crippen LogP) is 0.411. The van der Waals surface area contributed by atoms with Crippen LogP contribution in [0.3, 0.4) is 0 Å². The molecule has 3 aliphatic rings. The maximum absolute atomic E-state index is 12.1. The molecule has 3 atom stereocenters. The van der Waals surface area contributed by atoms with Crippen LogP contribution in [0.5, 0.6) is 0 Å². The summed E-state index contributed by atoms with van der Waals surface area (Å²) in [5.74, 6) is -0.0557. The molecule has 0 aromatic rings. The second-order valence-corrected chi connectivity index (χ2v) is 3.77. The van der Waals surface area contributed by atoms with Crippen LogP contribution in [0.2, 0.25) is 0 Å². The molecule has 3 unspecified atom stereocenters. The summed E-state index contributed by atoms with van der Waals surface area (Å²) < 4.78 is 0. The molecule has 4 heteroatoms. The number of rotatable bonds is 0. The number of hydrogen-bond donors (Lipinski definition) is 1. The highest BCUT2D eigenvalue weighted by Gasteiger charge is 2.38. The Kier molecular flexibility index (Phi) is 1.82. The van der Waals surface area contributed by atoms with Crippen LogP contribution in [0, 0.1) is 5.92 Å². The standard InChI is InChI=1S/C11H11N3O/c15-11-8-7-12-5-4-9(8)13-10-3-1-2-6-14(10)11/h1-10,13H. The molecule has 76 valence electrons. The van der Waals surface area contributed by atoms with Crippen LogP contribution in [0.25, 0.3) is 0 Å². The fraction of sp³-hybridized carbons (Fsp3) is 0.273. The zero-order valence-electron chi connectivity index (χ0n) is 8.08. The van der Waals surface area contributed by atoms with E-state index in [1.807, 2.05) is 30.5 Å². The summed E-state index contributed by atoms with van der Waals surface area (Å²) in [6.07, 6.45) is 13.0. The van der Waals surface area contributed by atoms with Gasteiger partial charge in [0.1, 0.15) is 6.17 Å². The summed E-state index contributed by atoms with van der Waals surface area (Å²) in [5, 5.41) is 3.38. The highest BCUT2D eigenvalue weighted by molar-refractivity contribution is 5.97. The molecule has 15 heavy (non-hydrogen) atoms. The number of aliphatic imine (C=N–C) groups is 1. The third-order valence-corrected chi connectivity index (χ3v) is 2.87. The normalized spacial score (nSPS) is 36.7. The molecular formula is C11H11N3O. The molecule has 1 fully saturated rings. The van der Waals surface area contributed by atoms with Crippen molar-refractivity contribution in [2.75, 3.05) is 0 Å². The van der Waals surface area contributed by atoms with E-state index in [2.05, 4.69) is 10.3 Å². The molecule has 0 bridgehead atoms. The maximum atomic E-state index is 12.1. The van der Waals surface area contributed by atoms with Crippen molar-refractivity contribution in [1.82, 2.24) is 10.2 Å². The molecule has 1 amide bonds. The summed E-state index contributed by atoms with van der Waals surface area (Å²) >= 11 is 0. The minimum absolute atomic E-state index is 0.0140. The van der Waals surface area contributed by atoms with E-state index in [0.717, 1.165) is 0 Å². The Bertz CT molecular complexity index is 372. The maximum Gasteiger partial charge on any atom is 0.238 e. The molecular weight excluding hydrogens is 190 g/mol. The van der Waals surface area contributed by atoms with Gasteiger partial charge in [0, 0.05) is 24.7 Å². The van der Waals surface area contributed by atoms with Gasteiger partial charge in [0.25, 0.3) is 0 Å². The Morgan fingerprint density at radius 1 is 1.33 bits per heavy atom. The van der Waals surface area contributed by atoms with Gasteiger partial charge in [-0.3, -0.25) is 20.0 Å². The van der Waals surface area contributed by atoms with Gasteiger partial charge in [-0.2, -0.15) is 0 Å². The monoisotopic (exact) mass is 201 g/mol. The minimum atomic E-state index is -0.164. The zero-order chi connectivity index (χ0) is 10.3. The fourth-order valence-electron chi connectivity index (χ4n) is 2.09. The van der Waals surface area contributed by atoms with Gasteiger partial charge in [-0.1, -0.05) is 6.08 Å². The van der Waals surface area contributed by atoms with Crippen LogP contribution in [-0.2, 0) is 4.79 Å². The van der Waals surface area contributed by atoms with Gasteiger partial charge in [0.05, 0.1) is 5.92 Å². The highest BCUT2D eigenvalue weighted by atomic mass is 16.2. The smallest absolute Gasteiger partial charge is 0.238 e. The van der Waals surface area contributed by atoms with E-state index in [4.69, 9.17) is 0 Å². The van der Waals surface area contributed by atoms with Crippen molar-refractivity contribution in [2.24, 2.45) is 10.9 Å². The van der Waals surface area contributed by atoms with Crippen LogP contribution in [-0.4, -0.2) is 29.2 Å². The van der Waals surface area contributed by atoms with E-state index in [1.165, 1.54) is 0 Å². The summed E-state index contributed by atoms with van der Waals surface area (Å²) in [4.78, 5) is 17.8. The Morgan fingerprint density at radius 3 is 3.20 bits per heavy atom. The number of carbonyl (C=O) groups is 1. The molecule has 4 nitrogen and oxygen atoms in total. The molecule has 3 heterocycles. The molecule has 3 rings (SSSR count). The lowest BCUT2D eigenvalue weighted by molar-refractivity contribution is -0.135. The predicted molar refractivity (Wildman–Crippen MR) is 57.0 cm³/mol. The van der Waals surface area contributed by atoms with E-state index in [9.17, 15) is 4.79 Å². The molecule has 0 aromatic heterocycles. The summed E-state index contributed by atoms with van der Waals surface area (Å²) in [7, 11) is 0. The van der Waals surface area contributed by atoms with Crippen LogP contribution < -0.4 is 5.32 Å². The molecule has 0 saturated carbocycles. The van der Waals surface area contributed by atoms with Crippen molar-refractivity contribution < 1.29 is 4.79 Å². The molecule has 1 N–H and O–H groups in total. The Labute approximate surface area is 87.7 Å². The average molecular weight is 201 g/mol. The number of amides is 1. The van der Waals surface area contributed by atoms with Crippen LogP contribution >= 0.6 is 0 Å². The average Bonchev–Trinajstić information content (AvgIpc) is 2.30. The number of fused-ring (bicyclic) bond motifs is 2. The number of nitrogens with one attached hydrogen (secondary N) is 1. The van der Waals surface area contributed by atoms with E-state index in [-0.39, 0.29) is 24.0 Å². The van der Waals surface area contributed by atoms with Crippen molar-refractivity contribution in [3.63, 3.8) is 0 Å². The first kappa shape index (κ1) is 8.61. The quantitative estimate of drug-likeness (QED) is 0.617. The lowest BCUT2D eigenvalue weighted by Crippen LogP contribution is -2.61. The zero-order valence-corrected chi connectivity index (χ0v) is 8.08. The van der Waals surface area contributed by atoms with Gasteiger partial charge >= 0.3 is 0 Å². The van der Waals surface area contributed by atoms with Crippen LogP contribution in [0.1, 0.15) is 0 Å². The van der Waals surface area contributed by atoms with E-state index in [1.54, 1.807) is 17.3 Å². The van der Waals surface area contributed by atoms with Gasteiger partial charge in [0.2, 0.25) is 5.91 Å². The lowest BCUT2D eigenvalue weighted by atomic mass is 9.93. The number of nitrogens with zero attached hydrogens (tertiary/aromatic N) is 2. The van der Waals surface area contributed by atoms with Gasteiger partial charge in [-0.25, -0.2) is 0 Å². The number of carbonyl (C=O) groups excluding carboxylic acids is 1. The molecule has 0 aliphatic carbocycles. The van der Waals surface area contributed by atoms with Crippen molar-refractivity contribution >= 4 is 12.1 Å². The molecule has 3 aliphatic heterocycles. The van der Waals surface area contributed by atoms with Gasteiger partial charge in [0.15, 0.2) is 0 Å². The highest BCUT2D eigenvalue weighted by Crippen LogP contribution is 2.22. The van der Waals surface area contributed by atoms with Crippen LogP contribution in [0.15, 0.2) is 41.7 Å². The largest absolute Gasteiger partial charge is 0.299 e. The van der Waals surface area contributed by atoms with E-state index >= 15 is 0 Å². The topological polar surface area (TPSA) is 44.7 Å². The van der Waals surface area contributed by atoms with Crippen molar-refractivity contribution in [3.8, 4) is 0 Å². The Balaban J connectivity index is 1.94. The molecule has 0 radical (unpaired) electrons. The SMILES string of the molecule is O=C1C2C=NC=CC2NC2C=CC=CN12. The van der Waals surface area contributed by atoms with Crippen molar-refractivity contribution in [1.29, 1.82) is 0 Å². The first-order chi connectivity index (χ1) is 7.36. The first-order valence-electron chi connectivity index (χ1n) is 4.99. The molecule has 1 saturated heterocycles. The van der Waals surface area contributed by atoms with Crippen molar-refractivity contribution in [3.05, 3.63) is 36.7 Å². The summed E-state index contributed by atoms with van der Waals surface area (Å²) in [5.41, 5.74) is 0. The van der Waals surface area contributed by atoms with Gasteiger partial charge in [-0.05, 0) is 18.2 Å². The third-order valence-electron chi connectivity index (χ3n) is 2.87. The fourth-order valence-corrected chi connectivity index (χ4v) is 2.09. The van der Waals surface area contributed by atoms with Gasteiger partial charge in [-0.15, -0.1) is 0 Å². The minimum Gasteiger partial charge on any atom is -0.299 e. The number of hydrogen-bond acceptors (Lipinski definition) is 3. The second-order valence-electron chi connectivity index (χ2n) is 3.77. The van der Waals surface area contributed by atoms with Gasteiger partial charge < -0.3 is 0 Å². The van der Waals surface area contributed by atoms with Crippen molar-refractivity contribution in [2.45, 2.75) is 12.2 Å².